The second-order valence-corrected chi connectivity index (χ2v) is 7.11. The van der Waals surface area contributed by atoms with E-state index >= 15 is 0 Å². The van der Waals surface area contributed by atoms with Gasteiger partial charge in [0, 0.05) is 5.56 Å². The summed E-state index contributed by atoms with van der Waals surface area (Å²) in [5.74, 6) is -1.89. The monoisotopic (exact) mass is 340 g/mol. The number of carbonyl (C=O) groups excluding carboxylic acids is 1. The zero-order valence-electron chi connectivity index (χ0n) is 13.3. The van der Waals surface area contributed by atoms with Crippen molar-refractivity contribution in [1.82, 2.24) is 5.32 Å². The molecule has 1 N–H and O–H groups in total. The fourth-order valence-corrected chi connectivity index (χ4v) is 2.85. The SMILES string of the molecule is CC(C)(C)OC(=O)NC1=NC(C)(c2cccc(F)c2F)C=CS1. The topological polar surface area (TPSA) is 50.7 Å². The largest absolute Gasteiger partial charge is 0.444 e. The van der Waals surface area contributed by atoms with Gasteiger partial charge in [0.05, 0.1) is 0 Å². The molecule has 0 saturated heterocycles. The molecule has 0 saturated carbocycles. The number of thioether (sulfide) groups is 1. The normalized spacial score (nSPS) is 20.9. The third-order valence-electron chi connectivity index (χ3n) is 3.01. The van der Waals surface area contributed by atoms with Crippen LogP contribution in [-0.4, -0.2) is 16.9 Å². The first kappa shape index (κ1) is 17.5. The highest BCUT2D eigenvalue weighted by Gasteiger charge is 2.31. The number of nitrogens with one attached hydrogen (secondary N) is 1. The Morgan fingerprint density at radius 1 is 1.35 bits per heavy atom. The molecule has 124 valence electrons. The van der Waals surface area contributed by atoms with Crippen molar-refractivity contribution in [2.45, 2.75) is 38.8 Å². The molecule has 7 heteroatoms. The zero-order chi connectivity index (χ0) is 17.3. The summed E-state index contributed by atoms with van der Waals surface area (Å²) in [6.07, 6.45) is 0.997. The molecule has 1 atom stereocenters. The molecule has 1 unspecified atom stereocenters. The Kier molecular flexibility index (Phi) is 4.79. The highest BCUT2D eigenvalue weighted by Crippen LogP contribution is 2.34. The van der Waals surface area contributed by atoms with Gasteiger partial charge in [-0.3, -0.25) is 5.32 Å². The molecule has 1 aliphatic heterocycles. The van der Waals surface area contributed by atoms with E-state index in [1.807, 2.05) is 0 Å². The summed E-state index contributed by atoms with van der Waals surface area (Å²) in [6, 6.07) is 3.94. The Balaban J connectivity index is 2.25. The molecular weight excluding hydrogens is 322 g/mol. The average Bonchev–Trinajstić information content (AvgIpc) is 2.39. The minimum atomic E-state index is -1.11. The molecule has 0 aliphatic carbocycles. The van der Waals surface area contributed by atoms with Crippen molar-refractivity contribution in [2.75, 3.05) is 0 Å². The maximum absolute atomic E-state index is 14.0. The molecule has 0 bridgehead atoms. The lowest BCUT2D eigenvalue weighted by Gasteiger charge is -2.27. The smallest absolute Gasteiger partial charge is 0.413 e. The number of aliphatic imine (C=N–C) groups is 1. The van der Waals surface area contributed by atoms with E-state index in [9.17, 15) is 13.6 Å². The number of benzene rings is 1. The van der Waals surface area contributed by atoms with Crippen LogP contribution in [0.25, 0.3) is 0 Å². The number of alkyl carbamates (subject to hydrolysis) is 1. The molecule has 23 heavy (non-hydrogen) atoms. The van der Waals surface area contributed by atoms with Gasteiger partial charge in [-0.05, 0) is 45.2 Å². The van der Waals surface area contributed by atoms with E-state index < -0.39 is 28.9 Å². The van der Waals surface area contributed by atoms with Crippen molar-refractivity contribution in [3.8, 4) is 0 Å². The van der Waals surface area contributed by atoms with Gasteiger partial charge in [-0.1, -0.05) is 23.9 Å². The summed E-state index contributed by atoms with van der Waals surface area (Å²) < 4.78 is 32.7. The van der Waals surface area contributed by atoms with E-state index in [1.54, 1.807) is 39.2 Å². The van der Waals surface area contributed by atoms with Crippen molar-refractivity contribution in [3.05, 3.63) is 46.9 Å². The number of amides is 1. The zero-order valence-corrected chi connectivity index (χ0v) is 14.1. The Morgan fingerprint density at radius 2 is 2.04 bits per heavy atom. The second kappa shape index (κ2) is 6.31. The number of hydrogen-bond acceptors (Lipinski definition) is 4. The molecule has 1 aromatic carbocycles. The van der Waals surface area contributed by atoms with E-state index in [-0.39, 0.29) is 10.7 Å². The summed E-state index contributed by atoms with van der Waals surface area (Å²) in [5, 5.41) is 4.45. The molecule has 4 nitrogen and oxygen atoms in total. The lowest BCUT2D eigenvalue weighted by molar-refractivity contribution is 0.0564. The van der Waals surface area contributed by atoms with Crippen LogP contribution >= 0.6 is 11.8 Å². The van der Waals surface area contributed by atoms with Gasteiger partial charge in [0.15, 0.2) is 16.8 Å². The average molecular weight is 340 g/mol. The summed E-state index contributed by atoms with van der Waals surface area (Å²) in [5.41, 5.74) is -1.66. The van der Waals surface area contributed by atoms with E-state index in [4.69, 9.17) is 4.74 Å². The van der Waals surface area contributed by atoms with E-state index in [0.717, 1.165) is 6.07 Å². The highest BCUT2D eigenvalue weighted by molar-refractivity contribution is 8.16. The third-order valence-corrected chi connectivity index (χ3v) is 3.70. The Labute approximate surface area is 138 Å². The molecule has 2 rings (SSSR count). The summed E-state index contributed by atoms with van der Waals surface area (Å²) >= 11 is 1.17. The van der Waals surface area contributed by atoms with Crippen LogP contribution < -0.4 is 5.32 Å². The van der Waals surface area contributed by atoms with Crippen LogP contribution in [-0.2, 0) is 10.3 Å². The minimum Gasteiger partial charge on any atom is -0.444 e. The van der Waals surface area contributed by atoms with Crippen molar-refractivity contribution in [1.29, 1.82) is 0 Å². The predicted octanol–water partition coefficient (Wildman–Crippen LogP) is 4.32. The van der Waals surface area contributed by atoms with E-state index in [0.29, 0.717) is 0 Å². The van der Waals surface area contributed by atoms with Crippen molar-refractivity contribution >= 4 is 23.0 Å². The van der Waals surface area contributed by atoms with Crippen molar-refractivity contribution < 1.29 is 18.3 Å². The number of ether oxygens (including phenoxy) is 1. The van der Waals surface area contributed by atoms with Crippen molar-refractivity contribution in [2.24, 2.45) is 4.99 Å². The van der Waals surface area contributed by atoms with Crippen LogP contribution in [0.1, 0.15) is 33.3 Å². The highest BCUT2D eigenvalue weighted by atomic mass is 32.2. The molecule has 0 radical (unpaired) electrons. The Hall–Kier alpha value is -1.89. The van der Waals surface area contributed by atoms with Gasteiger partial charge >= 0.3 is 6.09 Å². The van der Waals surface area contributed by atoms with E-state index in [1.165, 1.54) is 23.9 Å². The minimum absolute atomic E-state index is 0.0949. The maximum atomic E-state index is 14.0. The van der Waals surface area contributed by atoms with Gasteiger partial charge in [0.25, 0.3) is 0 Å². The third kappa shape index (κ3) is 4.31. The number of hydrogen-bond donors (Lipinski definition) is 1. The van der Waals surface area contributed by atoms with Gasteiger partial charge in [0.2, 0.25) is 0 Å². The lowest BCUT2D eigenvalue weighted by atomic mass is 9.92. The molecule has 1 aromatic rings. The second-order valence-electron chi connectivity index (χ2n) is 6.21. The van der Waals surface area contributed by atoms with Gasteiger partial charge in [-0.25, -0.2) is 18.6 Å². The number of carbonyl (C=O) groups is 1. The first-order valence-corrected chi connectivity index (χ1v) is 7.87. The summed E-state index contributed by atoms with van der Waals surface area (Å²) in [4.78, 5) is 16.1. The van der Waals surface area contributed by atoms with Crippen LogP contribution in [0.4, 0.5) is 13.6 Å². The molecular formula is C16H18F2N2O2S. The quantitative estimate of drug-likeness (QED) is 0.828. The molecule has 1 heterocycles. The fraction of sp³-hybridized carbons (Fsp3) is 0.375. The Morgan fingerprint density at radius 3 is 2.70 bits per heavy atom. The lowest BCUT2D eigenvalue weighted by Crippen LogP contribution is -2.37. The molecule has 0 fully saturated rings. The first-order chi connectivity index (χ1) is 10.6. The number of nitrogens with zero attached hydrogens (tertiary/aromatic N) is 1. The number of halogens is 2. The molecule has 1 aliphatic rings. The molecule has 1 amide bonds. The van der Waals surface area contributed by atoms with Gasteiger partial charge in [-0.2, -0.15) is 0 Å². The fourth-order valence-electron chi connectivity index (χ4n) is 2.00. The predicted molar refractivity (Wildman–Crippen MR) is 87.2 cm³/mol. The van der Waals surface area contributed by atoms with Crippen LogP contribution in [0.5, 0.6) is 0 Å². The number of rotatable bonds is 1. The van der Waals surface area contributed by atoms with Gasteiger partial charge < -0.3 is 4.74 Å². The van der Waals surface area contributed by atoms with E-state index in [2.05, 4.69) is 10.3 Å². The standard InChI is InChI=1S/C16H18F2N2O2S/c1-15(2,3)22-14(21)19-13-20-16(4,8-9-23-13)10-6-5-7-11(17)12(10)18/h5-9H,1-4H3,(H,19,20,21). The molecule has 0 spiro atoms. The summed E-state index contributed by atoms with van der Waals surface area (Å²) in [7, 11) is 0. The summed E-state index contributed by atoms with van der Waals surface area (Å²) in [6.45, 7) is 6.87. The van der Waals surface area contributed by atoms with Crippen LogP contribution in [0.3, 0.4) is 0 Å². The number of amidine groups is 1. The molecule has 0 aromatic heterocycles. The van der Waals surface area contributed by atoms with Crippen LogP contribution in [0, 0.1) is 11.6 Å². The Bertz CT molecular complexity index is 683. The first-order valence-electron chi connectivity index (χ1n) is 6.99. The van der Waals surface area contributed by atoms with Gasteiger partial charge in [-0.15, -0.1) is 0 Å². The van der Waals surface area contributed by atoms with Crippen molar-refractivity contribution in [3.63, 3.8) is 0 Å². The maximum Gasteiger partial charge on any atom is 0.413 e. The van der Waals surface area contributed by atoms with Crippen LogP contribution in [0.15, 0.2) is 34.7 Å². The van der Waals surface area contributed by atoms with Crippen LogP contribution in [0.2, 0.25) is 0 Å². The van der Waals surface area contributed by atoms with Gasteiger partial charge in [0.1, 0.15) is 11.1 Å².